The van der Waals surface area contributed by atoms with Gasteiger partial charge in [-0.1, -0.05) is 24.3 Å². The van der Waals surface area contributed by atoms with E-state index in [1.165, 1.54) is 21.3 Å². The highest BCUT2D eigenvalue weighted by molar-refractivity contribution is 6.13. The van der Waals surface area contributed by atoms with E-state index in [0.29, 0.717) is 44.4 Å². The van der Waals surface area contributed by atoms with Crippen LogP contribution >= 0.6 is 0 Å². The summed E-state index contributed by atoms with van der Waals surface area (Å²) in [6.45, 7) is 0. The second-order valence-electron chi connectivity index (χ2n) is 4.95. The number of hydrogen-bond donors (Lipinski definition) is 1. The van der Waals surface area contributed by atoms with Gasteiger partial charge < -0.3 is 19.3 Å². The summed E-state index contributed by atoms with van der Waals surface area (Å²) in [4.78, 5) is 0. The van der Waals surface area contributed by atoms with Crippen LogP contribution in [0.15, 0.2) is 30.3 Å². The first-order valence-corrected chi connectivity index (χ1v) is 6.94. The molecule has 3 aromatic rings. The molecule has 3 aromatic carbocycles. The summed E-state index contributed by atoms with van der Waals surface area (Å²) in [5.74, 6) is 1.19. The Labute approximate surface area is 133 Å². The lowest BCUT2D eigenvalue weighted by Gasteiger charge is -2.17. The molecule has 0 unspecified atom stereocenters. The molecule has 0 saturated heterocycles. The zero-order valence-electron chi connectivity index (χ0n) is 13.0. The summed E-state index contributed by atoms with van der Waals surface area (Å²) in [5.41, 5.74) is 0.452. The number of rotatable bonds is 3. The Bertz CT molecular complexity index is 957. The van der Waals surface area contributed by atoms with Crippen molar-refractivity contribution in [3.63, 3.8) is 0 Å². The topological polar surface area (TPSA) is 71.7 Å². The van der Waals surface area contributed by atoms with Crippen molar-refractivity contribution in [2.24, 2.45) is 0 Å². The van der Waals surface area contributed by atoms with Crippen LogP contribution in [-0.4, -0.2) is 26.4 Å². The number of aromatic hydroxyl groups is 1. The highest BCUT2D eigenvalue weighted by Crippen LogP contribution is 2.49. The number of nitrogens with zero attached hydrogens (tertiary/aromatic N) is 1. The number of nitriles is 1. The lowest BCUT2D eigenvalue weighted by molar-refractivity contribution is 0.326. The van der Waals surface area contributed by atoms with E-state index in [1.807, 2.05) is 12.1 Å². The Morgan fingerprint density at radius 1 is 0.913 bits per heavy atom. The number of phenols is 1. The molecule has 0 heterocycles. The third-order valence-electron chi connectivity index (χ3n) is 3.90. The molecule has 0 aliphatic rings. The molecule has 3 rings (SSSR count). The van der Waals surface area contributed by atoms with Gasteiger partial charge in [-0.15, -0.1) is 0 Å². The lowest BCUT2D eigenvalue weighted by Crippen LogP contribution is -1.97. The van der Waals surface area contributed by atoms with E-state index < -0.39 is 0 Å². The van der Waals surface area contributed by atoms with Gasteiger partial charge in [-0.3, -0.25) is 0 Å². The summed E-state index contributed by atoms with van der Waals surface area (Å²) >= 11 is 0. The molecule has 0 bridgehead atoms. The Hall–Kier alpha value is -3.13. The predicted molar refractivity (Wildman–Crippen MR) is 87.5 cm³/mol. The highest BCUT2D eigenvalue weighted by atomic mass is 16.5. The fraction of sp³-hybridized carbons (Fsp3) is 0.167. The van der Waals surface area contributed by atoms with Crippen LogP contribution in [0.25, 0.3) is 21.5 Å². The number of phenolic OH excluding ortho intramolecular Hbond substituents is 1. The minimum absolute atomic E-state index is 0.0485. The molecule has 0 aliphatic carbocycles. The summed E-state index contributed by atoms with van der Waals surface area (Å²) in [7, 11) is 4.49. The van der Waals surface area contributed by atoms with Crippen LogP contribution in [0.3, 0.4) is 0 Å². The van der Waals surface area contributed by atoms with Gasteiger partial charge in [-0.05, 0) is 6.07 Å². The Balaban J connectivity index is 2.66. The Morgan fingerprint density at radius 3 is 2.13 bits per heavy atom. The quantitative estimate of drug-likeness (QED) is 0.748. The second-order valence-corrected chi connectivity index (χ2v) is 4.95. The first-order chi connectivity index (χ1) is 11.2. The number of hydrogen-bond acceptors (Lipinski definition) is 5. The Kier molecular flexibility index (Phi) is 3.59. The standard InChI is InChI=1S/C18H15NO4/c1-21-14-8-12-13(9-19)10-6-4-5-7-11(10)16(20)15(12)18(23-3)17(14)22-2/h4-8,20H,1-3H3. The van der Waals surface area contributed by atoms with Crippen LogP contribution in [0.5, 0.6) is 23.0 Å². The van der Waals surface area contributed by atoms with Crippen molar-refractivity contribution in [3.8, 4) is 29.1 Å². The molecule has 5 nitrogen and oxygen atoms in total. The molecular formula is C18H15NO4. The van der Waals surface area contributed by atoms with Gasteiger partial charge in [-0.25, -0.2) is 0 Å². The van der Waals surface area contributed by atoms with Crippen molar-refractivity contribution in [2.45, 2.75) is 0 Å². The van der Waals surface area contributed by atoms with Crippen LogP contribution in [0.4, 0.5) is 0 Å². The van der Waals surface area contributed by atoms with E-state index in [9.17, 15) is 10.4 Å². The monoisotopic (exact) mass is 309 g/mol. The molecule has 0 spiro atoms. The molecule has 23 heavy (non-hydrogen) atoms. The molecule has 0 aliphatic heterocycles. The Morgan fingerprint density at radius 2 is 1.57 bits per heavy atom. The average Bonchev–Trinajstić information content (AvgIpc) is 2.60. The van der Waals surface area contributed by atoms with E-state index >= 15 is 0 Å². The smallest absolute Gasteiger partial charge is 0.204 e. The average molecular weight is 309 g/mol. The summed E-state index contributed by atoms with van der Waals surface area (Å²) in [6.07, 6.45) is 0. The molecular weight excluding hydrogens is 294 g/mol. The van der Waals surface area contributed by atoms with Crippen LogP contribution in [0, 0.1) is 11.3 Å². The molecule has 0 fully saturated rings. The summed E-state index contributed by atoms with van der Waals surface area (Å²) < 4.78 is 16.2. The minimum Gasteiger partial charge on any atom is -0.507 e. The molecule has 0 aromatic heterocycles. The fourth-order valence-electron chi connectivity index (χ4n) is 2.90. The number of fused-ring (bicyclic) bond motifs is 2. The zero-order valence-corrected chi connectivity index (χ0v) is 13.0. The van der Waals surface area contributed by atoms with E-state index in [4.69, 9.17) is 14.2 Å². The van der Waals surface area contributed by atoms with Crippen LogP contribution in [0.1, 0.15) is 5.56 Å². The van der Waals surface area contributed by atoms with Crippen molar-refractivity contribution >= 4 is 21.5 Å². The van der Waals surface area contributed by atoms with E-state index in [2.05, 4.69) is 6.07 Å². The number of methoxy groups -OCH3 is 3. The van der Waals surface area contributed by atoms with Crippen LogP contribution < -0.4 is 14.2 Å². The largest absolute Gasteiger partial charge is 0.507 e. The SMILES string of the molecule is COc1cc2c(C#N)c3ccccc3c(O)c2c(OC)c1OC. The van der Waals surface area contributed by atoms with Gasteiger partial charge >= 0.3 is 0 Å². The molecule has 116 valence electrons. The number of ether oxygens (including phenoxy) is 3. The molecule has 0 saturated carbocycles. The van der Waals surface area contributed by atoms with Gasteiger partial charge in [0.25, 0.3) is 0 Å². The molecule has 0 atom stereocenters. The van der Waals surface area contributed by atoms with Crippen molar-refractivity contribution in [1.82, 2.24) is 0 Å². The highest BCUT2D eigenvalue weighted by Gasteiger charge is 2.23. The third kappa shape index (κ3) is 2.00. The summed E-state index contributed by atoms with van der Waals surface area (Å²) in [5, 5.41) is 22.6. The van der Waals surface area contributed by atoms with Gasteiger partial charge in [0.15, 0.2) is 11.5 Å². The van der Waals surface area contributed by atoms with Gasteiger partial charge in [-0.2, -0.15) is 5.26 Å². The van der Waals surface area contributed by atoms with Crippen molar-refractivity contribution in [2.75, 3.05) is 21.3 Å². The normalized spacial score (nSPS) is 10.5. The van der Waals surface area contributed by atoms with Crippen LogP contribution in [-0.2, 0) is 0 Å². The fourth-order valence-corrected chi connectivity index (χ4v) is 2.90. The van der Waals surface area contributed by atoms with Gasteiger partial charge in [0.05, 0.1) is 32.3 Å². The van der Waals surface area contributed by atoms with Crippen molar-refractivity contribution in [1.29, 1.82) is 5.26 Å². The van der Waals surface area contributed by atoms with E-state index in [0.717, 1.165) is 0 Å². The third-order valence-corrected chi connectivity index (χ3v) is 3.90. The van der Waals surface area contributed by atoms with Crippen molar-refractivity contribution in [3.05, 3.63) is 35.9 Å². The lowest BCUT2D eigenvalue weighted by atomic mass is 9.95. The maximum atomic E-state index is 10.7. The summed E-state index contributed by atoms with van der Waals surface area (Å²) in [6, 6.07) is 11.1. The predicted octanol–water partition coefficient (Wildman–Crippen LogP) is 3.60. The first-order valence-electron chi connectivity index (χ1n) is 6.94. The molecule has 1 N–H and O–H groups in total. The molecule has 0 radical (unpaired) electrons. The van der Waals surface area contributed by atoms with Gasteiger partial charge in [0.1, 0.15) is 11.8 Å². The van der Waals surface area contributed by atoms with Crippen molar-refractivity contribution < 1.29 is 19.3 Å². The second kappa shape index (κ2) is 5.58. The van der Waals surface area contributed by atoms with Crippen LogP contribution in [0.2, 0.25) is 0 Å². The maximum absolute atomic E-state index is 10.7. The molecule has 0 amide bonds. The zero-order chi connectivity index (χ0) is 16.6. The van der Waals surface area contributed by atoms with E-state index in [1.54, 1.807) is 18.2 Å². The maximum Gasteiger partial charge on any atom is 0.204 e. The van der Waals surface area contributed by atoms with E-state index in [-0.39, 0.29) is 5.75 Å². The first kappa shape index (κ1) is 14.8. The number of benzene rings is 3. The minimum atomic E-state index is 0.0485. The molecule has 5 heteroatoms. The van der Waals surface area contributed by atoms with Gasteiger partial charge in [0, 0.05) is 16.2 Å². The van der Waals surface area contributed by atoms with Gasteiger partial charge in [0.2, 0.25) is 5.75 Å².